The second kappa shape index (κ2) is 11.9. The second-order valence-electron chi connectivity index (χ2n) is 10.2. The zero-order valence-corrected chi connectivity index (χ0v) is 25.3. The van der Waals surface area contributed by atoms with Crippen molar-refractivity contribution in [1.82, 2.24) is 9.88 Å². The van der Waals surface area contributed by atoms with E-state index < -0.39 is 40.1 Å². The number of carboxylic acids is 1. The van der Waals surface area contributed by atoms with Gasteiger partial charge >= 0.3 is 5.97 Å². The number of sulfonamides is 1. The molecule has 1 amide bonds. The molecule has 0 spiro atoms. The smallest absolute Gasteiger partial charge is 0.323 e. The van der Waals surface area contributed by atoms with Gasteiger partial charge in [-0.1, -0.05) is 23.7 Å². The molecule has 10 nitrogen and oxygen atoms in total. The predicted molar refractivity (Wildman–Crippen MR) is 159 cm³/mol. The molecule has 4 aromatic rings. The minimum Gasteiger partial charge on any atom is -0.497 e. The van der Waals surface area contributed by atoms with Crippen molar-refractivity contribution >= 4 is 50.1 Å². The van der Waals surface area contributed by atoms with Gasteiger partial charge in [-0.25, -0.2) is 17.2 Å². The van der Waals surface area contributed by atoms with E-state index in [0.717, 1.165) is 27.1 Å². The molecule has 1 aromatic heterocycles. The van der Waals surface area contributed by atoms with E-state index in [1.807, 2.05) is 0 Å². The molecule has 0 bridgehead atoms. The first kappa shape index (κ1) is 31.0. The summed E-state index contributed by atoms with van der Waals surface area (Å²) in [5, 5.41) is 9.44. The van der Waals surface area contributed by atoms with E-state index in [2.05, 4.69) is 4.98 Å². The van der Waals surface area contributed by atoms with E-state index in [1.165, 1.54) is 20.4 Å². The number of aliphatic carboxylic acids is 1. The Morgan fingerprint density at radius 1 is 1.14 bits per heavy atom. The Balaban J connectivity index is 1.72. The number of carboxylic acid groups (broad SMARTS) is 1. The van der Waals surface area contributed by atoms with Crippen molar-refractivity contribution < 1.29 is 41.4 Å². The number of hydrogen-bond acceptors (Lipinski definition) is 7. The normalized spacial score (nSPS) is 12.9. The molecule has 44 heavy (non-hydrogen) atoms. The molecule has 3 aromatic carbocycles. The number of ether oxygens (including phenoxy) is 2. The highest BCUT2D eigenvalue weighted by Crippen LogP contribution is 2.45. The molecule has 0 atom stereocenters. The van der Waals surface area contributed by atoms with Gasteiger partial charge in [0.1, 0.15) is 36.1 Å². The number of nitrogens with zero attached hydrogens (tertiary/aromatic N) is 3. The number of halogens is 3. The number of rotatable bonds is 10. The summed E-state index contributed by atoms with van der Waals surface area (Å²) < 4.78 is 66.4. The monoisotopic (exact) mass is 645 g/mol. The summed E-state index contributed by atoms with van der Waals surface area (Å²) in [7, 11) is -1.07. The molecule has 2 heterocycles. The van der Waals surface area contributed by atoms with Gasteiger partial charge in [-0.2, -0.15) is 0 Å². The summed E-state index contributed by atoms with van der Waals surface area (Å²) in [6, 6.07) is 10.4. The van der Waals surface area contributed by atoms with Gasteiger partial charge in [-0.15, -0.1) is 0 Å². The Hall–Kier alpha value is -4.49. The van der Waals surface area contributed by atoms with E-state index in [9.17, 15) is 31.9 Å². The fourth-order valence-electron chi connectivity index (χ4n) is 5.06. The largest absolute Gasteiger partial charge is 0.497 e. The number of pyridine rings is 1. The van der Waals surface area contributed by atoms with Crippen LogP contribution in [0.1, 0.15) is 32.6 Å². The zero-order valence-electron chi connectivity index (χ0n) is 23.7. The molecule has 1 N–H and O–H groups in total. The number of carbonyl (C=O) groups excluding carboxylic acids is 1. The van der Waals surface area contributed by atoms with Gasteiger partial charge in [0.15, 0.2) is 5.75 Å². The lowest BCUT2D eigenvalue weighted by Gasteiger charge is -2.24. The lowest BCUT2D eigenvalue weighted by atomic mass is 9.98. The SMILES string of the molecule is COc1ccc(COc2c3c(c(N(C)S(C)(=O)=O)c4cc(Cc5cc(Cl)c(F)cc5F)cnc24)CN(CC(=O)O)C3=O)cc1. The first-order valence-corrected chi connectivity index (χ1v) is 15.3. The third-order valence-corrected chi connectivity index (χ3v) is 8.71. The summed E-state index contributed by atoms with van der Waals surface area (Å²) in [4.78, 5) is 30.8. The van der Waals surface area contributed by atoms with Crippen LogP contribution in [-0.4, -0.2) is 62.2 Å². The van der Waals surface area contributed by atoms with Crippen molar-refractivity contribution in [3.63, 3.8) is 0 Å². The van der Waals surface area contributed by atoms with Crippen LogP contribution in [0, 0.1) is 11.6 Å². The summed E-state index contributed by atoms with van der Waals surface area (Å²) in [6.07, 6.45) is 2.32. The number of fused-ring (bicyclic) bond motifs is 2. The maximum absolute atomic E-state index is 14.6. The van der Waals surface area contributed by atoms with Gasteiger partial charge in [-0.3, -0.25) is 18.9 Å². The van der Waals surface area contributed by atoms with Crippen LogP contribution < -0.4 is 13.8 Å². The number of hydrogen-bond donors (Lipinski definition) is 1. The van der Waals surface area contributed by atoms with Crippen molar-refractivity contribution in [3.8, 4) is 11.5 Å². The Morgan fingerprint density at radius 3 is 2.48 bits per heavy atom. The molecule has 1 aliphatic rings. The van der Waals surface area contributed by atoms with Crippen molar-refractivity contribution in [1.29, 1.82) is 0 Å². The van der Waals surface area contributed by atoms with E-state index in [4.69, 9.17) is 21.1 Å². The van der Waals surface area contributed by atoms with Crippen molar-refractivity contribution in [3.05, 3.63) is 93.1 Å². The van der Waals surface area contributed by atoms with E-state index >= 15 is 0 Å². The van der Waals surface area contributed by atoms with Crippen LogP contribution in [0.5, 0.6) is 11.5 Å². The van der Waals surface area contributed by atoms with Gasteiger partial charge in [0.05, 0.1) is 29.6 Å². The highest BCUT2D eigenvalue weighted by atomic mass is 35.5. The summed E-state index contributed by atoms with van der Waals surface area (Å²) in [6.45, 7) is -0.855. The lowest BCUT2D eigenvalue weighted by molar-refractivity contribution is -0.137. The maximum atomic E-state index is 14.6. The first-order valence-electron chi connectivity index (χ1n) is 13.1. The number of benzene rings is 3. The topological polar surface area (TPSA) is 126 Å². The number of anilines is 1. The molecule has 0 saturated carbocycles. The molecule has 0 aliphatic carbocycles. The average molecular weight is 646 g/mol. The van der Waals surface area contributed by atoms with Crippen LogP contribution in [0.15, 0.2) is 48.7 Å². The zero-order chi connectivity index (χ0) is 31.9. The lowest BCUT2D eigenvalue weighted by Crippen LogP contribution is -2.30. The average Bonchev–Trinajstić information content (AvgIpc) is 3.27. The van der Waals surface area contributed by atoms with Crippen LogP contribution in [0.2, 0.25) is 5.02 Å². The Bertz CT molecular complexity index is 1920. The Kier molecular flexibility index (Phi) is 8.36. The second-order valence-corrected chi connectivity index (χ2v) is 12.6. The molecule has 0 saturated heterocycles. The number of methoxy groups -OCH3 is 1. The Morgan fingerprint density at radius 2 is 1.84 bits per heavy atom. The molecule has 14 heteroatoms. The number of amides is 1. The van der Waals surface area contributed by atoms with Gasteiger partial charge in [0.25, 0.3) is 5.91 Å². The number of carbonyl (C=O) groups is 2. The van der Waals surface area contributed by atoms with Crippen molar-refractivity contribution in [2.24, 2.45) is 0 Å². The summed E-state index contributed by atoms with van der Waals surface area (Å²) >= 11 is 5.88. The third-order valence-electron chi connectivity index (χ3n) is 7.24. The standard InChI is InChI=1S/C30H26ClF2N3O7S/c1-35(44(3,40)41)28-20-9-17(8-18-10-22(31)24(33)11-23(18)32)12-34-27(20)29(43-15-16-4-6-19(42-2)7-5-16)26-21(28)13-36(30(26)39)14-25(37)38/h4-7,9-12H,8,13-15H2,1-3H3,(H,37,38). The van der Waals surface area contributed by atoms with E-state index in [0.29, 0.717) is 17.4 Å². The molecule has 0 fully saturated rings. The van der Waals surface area contributed by atoms with Crippen LogP contribution >= 0.6 is 11.6 Å². The minimum absolute atomic E-state index is 0.00521. The highest BCUT2D eigenvalue weighted by Gasteiger charge is 2.38. The third kappa shape index (κ3) is 5.97. The minimum atomic E-state index is -3.90. The Labute approximate surface area is 256 Å². The molecule has 0 radical (unpaired) electrons. The first-order chi connectivity index (χ1) is 20.8. The van der Waals surface area contributed by atoms with Gasteiger partial charge < -0.3 is 19.5 Å². The quantitative estimate of drug-likeness (QED) is 0.244. The molecule has 5 rings (SSSR count). The van der Waals surface area contributed by atoms with Crippen molar-refractivity contribution in [2.75, 3.05) is 31.3 Å². The predicted octanol–water partition coefficient (Wildman–Crippen LogP) is 4.78. The van der Waals surface area contributed by atoms with Crippen LogP contribution in [0.25, 0.3) is 10.9 Å². The molecular formula is C30H26ClF2N3O7S. The van der Waals surface area contributed by atoms with Crippen molar-refractivity contribution in [2.45, 2.75) is 19.6 Å². The maximum Gasteiger partial charge on any atom is 0.323 e. The molecule has 0 unspecified atom stereocenters. The van der Waals surface area contributed by atoms with E-state index in [1.54, 1.807) is 30.3 Å². The molecule has 230 valence electrons. The van der Waals surface area contributed by atoms with Crippen LogP contribution in [0.3, 0.4) is 0 Å². The number of aromatic nitrogens is 1. The highest BCUT2D eigenvalue weighted by molar-refractivity contribution is 7.92. The van der Waals surface area contributed by atoms with Crippen LogP contribution in [-0.2, 0) is 34.4 Å². The molecular weight excluding hydrogens is 620 g/mol. The van der Waals surface area contributed by atoms with E-state index in [-0.39, 0.29) is 63.6 Å². The summed E-state index contributed by atoms with van der Waals surface area (Å²) in [5.74, 6) is -2.99. The van der Waals surface area contributed by atoms with Crippen LogP contribution in [0.4, 0.5) is 14.5 Å². The fourth-order valence-corrected chi connectivity index (χ4v) is 5.78. The fraction of sp³-hybridized carbons (Fsp3) is 0.233. The summed E-state index contributed by atoms with van der Waals surface area (Å²) in [5.41, 5.74) is 1.69. The van der Waals surface area contributed by atoms with Gasteiger partial charge in [0, 0.05) is 43.2 Å². The van der Waals surface area contributed by atoms with Gasteiger partial charge in [-0.05, 0) is 41.0 Å². The molecule has 1 aliphatic heterocycles. The van der Waals surface area contributed by atoms with Gasteiger partial charge in [0.2, 0.25) is 10.0 Å².